The van der Waals surface area contributed by atoms with Gasteiger partial charge in [-0.1, -0.05) is 13.0 Å². The molecule has 28 heavy (non-hydrogen) atoms. The van der Waals surface area contributed by atoms with Gasteiger partial charge in [0, 0.05) is 19.1 Å². The van der Waals surface area contributed by atoms with Crippen LogP contribution in [-0.4, -0.2) is 50.3 Å². The molecule has 0 spiro atoms. The molecule has 2 heterocycles. The number of esters is 1. The van der Waals surface area contributed by atoms with Crippen molar-refractivity contribution in [1.29, 1.82) is 0 Å². The molecule has 0 aromatic carbocycles. The third-order valence-electron chi connectivity index (χ3n) is 5.60. The maximum Gasteiger partial charge on any atom is 0.309 e. The molecule has 2 fully saturated rings. The van der Waals surface area contributed by atoms with Crippen molar-refractivity contribution in [2.24, 2.45) is 11.8 Å². The van der Waals surface area contributed by atoms with Crippen LogP contribution < -0.4 is 5.32 Å². The van der Waals surface area contributed by atoms with E-state index < -0.39 is 16.0 Å². The highest BCUT2D eigenvalue weighted by Crippen LogP contribution is 2.27. The molecule has 2 aliphatic rings. The van der Waals surface area contributed by atoms with Crippen molar-refractivity contribution < 1.29 is 22.7 Å². The van der Waals surface area contributed by atoms with Crippen LogP contribution in [0.1, 0.15) is 45.4 Å². The number of carbonyl (C=O) groups is 2. The predicted octanol–water partition coefficient (Wildman–Crippen LogP) is 2.39. The number of nitrogens with one attached hydrogen (secondary N) is 1. The molecule has 156 valence electrons. The van der Waals surface area contributed by atoms with Crippen molar-refractivity contribution in [3.63, 3.8) is 0 Å². The Bertz CT molecular complexity index is 762. The number of rotatable bonds is 6. The van der Waals surface area contributed by atoms with Crippen LogP contribution in [0.2, 0.25) is 0 Å². The number of sulfonamides is 1. The Morgan fingerprint density at radius 1 is 1.18 bits per heavy atom. The molecule has 0 unspecified atom stereocenters. The molecule has 0 bridgehead atoms. The normalized spacial score (nSPS) is 24.6. The zero-order chi connectivity index (χ0) is 20.1. The molecule has 1 amide bonds. The fourth-order valence-corrected chi connectivity index (χ4v) is 6.41. The van der Waals surface area contributed by atoms with Crippen LogP contribution in [0.3, 0.4) is 0 Å². The summed E-state index contributed by atoms with van der Waals surface area (Å²) < 4.78 is 32.0. The third kappa shape index (κ3) is 5.33. The van der Waals surface area contributed by atoms with E-state index in [1.54, 1.807) is 17.5 Å². The molecule has 9 heteroatoms. The number of hydrogen-bond acceptors (Lipinski definition) is 6. The minimum atomic E-state index is -3.48. The van der Waals surface area contributed by atoms with Gasteiger partial charge in [-0.05, 0) is 55.9 Å². The summed E-state index contributed by atoms with van der Waals surface area (Å²) in [6, 6.07) is 3.47. The van der Waals surface area contributed by atoms with E-state index in [0.717, 1.165) is 25.7 Å². The van der Waals surface area contributed by atoms with E-state index in [1.165, 1.54) is 15.6 Å². The summed E-state index contributed by atoms with van der Waals surface area (Å²) in [6.07, 6.45) is 4.97. The van der Waals surface area contributed by atoms with Crippen LogP contribution in [0.15, 0.2) is 21.7 Å². The summed E-state index contributed by atoms with van der Waals surface area (Å²) in [4.78, 5) is 24.3. The summed E-state index contributed by atoms with van der Waals surface area (Å²) in [7, 11) is -3.48. The van der Waals surface area contributed by atoms with E-state index >= 15 is 0 Å². The van der Waals surface area contributed by atoms with Gasteiger partial charge in [-0.3, -0.25) is 9.59 Å². The van der Waals surface area contributed by atoms with Crippen LogP contribution in [0.4, 0.5) is 0 Å². The quantitative estimate of drug-likeness (QED) is 0.703. The average molecular weight is 429 g/mol. The van der Waals surface area contributed by atoms with Crippen molar-refractivity contribution >= 4 is 33.2 Å². The molecule has 3 rings (SSSR count). The summed E-state index contributed by atoms with van der Waals surface area (Å²) in [5.41, 5.74) is 0. The van der Waals surface area contributed by atoms with Crippen LogP contribution in [-0.2, 0) is 24.3 Å². The molecule has 7 nitrogen and oxygen atoms in total. The summed E-state index contributed by atoms with van der Waals surface area (Å²) in [5.74, 6) is -0.329. The van der Waals surface area contributed by atoms with Crippen molar-refractivity contribution in [2.75, 3.05) is 19.7 Å². The molecular weight excluding hydrogens is 400 g/mol. The largest absolute Gasteiger partial charge is 0.455 e. The smallest absolute Gasteiger partial charge is 0.309 e. The fraction of sp³-hybridized carbons (Fsp3) is 0.684. The Morgan fingerprint density at radius 2 is 1.86 bits per heavy atom. The Hall–Kier alpha value is -1.45. The second kappa shape index (κ2) is 9.37. The molecule has 1 saturated carbocycles. The first-order valence-electron chi connectivity index (χ1n) is 9.86. The first kappa shape index (κ1) is 21.3. The second-order valence-corrected chi connectivity index (χ2v) is 10.9. The van der Waals surface area contributed by atoms with Gasteiger partial charge in [0.1, 0.15) is 4.21 Å². The van der Waals surface area contributed by atoms with Crippen molar-refractivity contribution in [1.82, 2.24) is 9.62 Å². The lowest BCUT2D eigenvalue weighted by atomic mass is 9.87. The number of piperidine rings is 1. The highest BCUT2D eigenvalue weighted by Gasteiger charge is 2.33. The molecule has 1 aromatic heterocycles. The van der Waals surface area contributed by atoms with E-state index in [2.05, 4.69) is 12.2 Å². The van der Waals surface area contributed by atoms with Crippen molar-refractivity contribution in [3.8, 4) is 0 Å². The van der Waals surface area contributed by atoms with E-state index in [0.29, 0.717) is 23.0 Å². The zero-order valence-electron chi connectivity index (χ0n) is 16.1. The van der Waals surface area contributed by atoms with Gasteiger partial charge in [0.15, 0.2) is 6.61 Å². The molecule has 1 aromatic rings. The van der Waals surface area contributed by atoms with Gasteiger partial charge in [-0.25, -0.2) is 8.42 Å². The number of ether oxygens (including phenoxy) is 1. The lowest BCUT2D eigenvalue weighted by Gasteiger charge is -2.29. The Labute approximate surface area is 170 Å². The van der Waals surface area contributed by atoms with Gasteiger partial charge in [0.05, 0.1) is 5.92 Å². The topological polar surface area (TPSA) is 92.8 Å². The zero-order valence-corrected chi connectivity index (χ0v) is 17.8. The number of nitrogens with zero attached hydrogens (tertiary/aromatic N) is 1. The first-order chi connectivity index (χ1) is 13.4. The molecule has 1 aliphatic heterocycles. The van der Waals surface area contributed by atoms with Crippen LogP contribution >= 0.6 is 11.3 Å². The number of carbonyl (C=O) groups excluding carboxylic acids is 2. The van der Waals surface area contributed by atoms with Crippen molar-refractivity contribution in [3.05, 3.63) is 17.5 Å². The van der Waals surface area contributed by atoms with Crippen LogP contribution in [0.25, 0.3) is 0 Å². The molecule has 0 atom stereocenters. The highest BCUT2D eigenvalue weighted by molar-refractivity contribution is 7.91. The maximum absolute atomic E-state index is 12.5. The van der Waals surface area contributed by atoms with Crippen LogP contribution in [0.5, 0.6) is 0 Å². The summed E-state index contributed by atoms with van der Waals surface area (Å²) >= 11 is 1.19. The Morgan fingerprint density at radius 3 is 2.46 bits per heavy atom. The standard InChI is InChI=1S/C19H28N2O5S2/c1-14-4-6-16(7-5-14)20-17(22)13-26-19(23)15-8-10-21(11-9-15)28(24,25)18-3-2-12-27-18/h2-3,12,14-16H,4-11,13H2,1H3,(H,20,22). The van der Waals surface area contributed by atoms with Crippen molar-refractivity contribution in [2.45, 2.75) is 55.7 Å². The van der Waals surface area contributed by atoms with Gasteiger partial charge < -0.3 is 10.1 Å². The first-order valence-corrected chi connectivity index (χ1v) is 12.2. The van der Waals surface area contributed by atoms with E-state index in [-0.39, 0.29) is 37.6 Å². The maximum atomic E-state index is 12.5. The van der Waals surface area contributed by atoms with Crippen LogP contribution in [0, 0.1) is 11.8 Å². The van der Waals surface area contributed by atoms with Gasteiger partial charge >= 0.3 is 5.97 Å². The predicted molar refractivity (Wildman–Crippen MR) is 106 cm³/mol. The third-order valence-corrected chi connectivity index (χ3v) is 8.87. The Balaban J connectivity index is 1.40. The lowest BCUT2D eigenvalue weighted by Crippen LogP contribution is -2.42. The molecule has 0 radical (unpaired) electrons. The monoisotopic (exact) mass is 428 g/mol. The molecule has 1 saturated heterocycles. The van der Waals surface area contributed by atoms with Gasteiger partial charge in [0.25, 0.3) is 15.9 Å². The van der Waals surface area contributed by atoms with E-state index in [9.17, 15) is 18.0 Å². The molecule has 1 aliphatic carbocycles. The van der Waals surface area contributed by atoms with Gasteiger partial charge in [0.2, 0.25) is 0 Å². The lowest BCUT2D eigenvalue weighted by molar-refractivity contribution is -0.153. The SMILES string of the molecule is CC1CCC(NC(=O)COC(=O)C2CCN(S(=O)(=O)c3cccs3)CC2)CC1. The van der Waals surface area contributed by atoms with Gasteiger partial charge in [-0.2, -0.15) is 4.31 Å². The molecule has 1 N–H and O–H groups in total. The van der Waals surface area contributed by atoms with E-state index in [1.807, 2.05) is 0 Å². The minimum Gasteiger partial charge on any atom is -0.455 e. The second-order valence-electron chi connectivity index (χ2n) is 7.74. The number of thiophene rings is 1. The average Bonchev–Trinajstić information content (AvgIpc) is 3.24. The fourth-order valence-electron chi connectivity index (χ4n) is 3.80. The Kier molecular flexibility index (Phi) is 7.11. The summed E-state index contributed by atoms with van der Waals surface area (Å²) in [5, 5.41) is 4.67. The number of hydrogen-bond donors (Lipinski definition) is 1. The minimum absolute atomic E-state index is 0.174. The summed E-state index contributed by atoms with van der Waals surface area (Å²) in [6.45, 7) is 2.52. The van der Waals surface area contributed by atoms with Gasteiger partial charge in [-0.15, -0.1) is 11.3 Å². The number of amides is 1. The van der Waals surface area contributed by atoms with E-state index in [4.69, 9.17) is 4.74 Å². The molecular formula is C19H28N2O5S2. The highest BCUT2D eigenvalue weighted by atomic mass is 32.2.